The molecule has 88 valence electrons. The summed E-state index contributed by atoms with van der Waals surface area (Å²) in [5.41, 5.74) is 0. The minimum absolute atomic E-state index is 0.000741. The third-order valence-electron chi connectivity index (χ3n) is 2.77. The van der Waals surface area contributed by atoms with Gasteiger partial charge in [-0.3, -0.25) is 9.28 Å². The minimum atomic E-state index is -0.0774. The van der Waals surface area contributed by atoms with Crippen molar-refractivity contribution >= 4 is 34.3 Å². The Kier molecular flexibility index (Phi) is 6.54. The lowest BCUT2D eigenvalue weighted by molar-refractivity contribution is -0.811. The summed E-state index contributed by atoms with van der Waals surface area (Å²) in [6.45, 7) is 2.67. The normalized spacial score (nSPS) is 13.7. The van der Waals surface area contributed by atoms with Gasteiger partial charge in [0.2, 0.25) is 5.78 Å². The number of rotatable bonds is 6. The van der Waals surface area contributed by atoms with Gasteiger partial charge >= 0.3 is 5.91 Å². The summed E-state index contributed by atoms with van der Waals surface area (Å²) in [5.74, 6) is 0.0377. The Labute approximate surface area is 105 Å². The molecule has 1 unspecified atom stereocenters. The molecule has 1 amide bonds. The molecule has 0 aliphatic rings. The van der Waals surface area contributed by atoms with Crippen molar-refractivity contribution < 1.29 is 19.4 Å². The van der Waals surface area contributed by atoms with Crippen molar-refractivity contribution in [3.63, 3.8) is 0 Å². The smallest absolute Gasteiger partial charge is 0.321 e. The SMILES string of the molecule is CC[N+](C)(C)C(=O)CC(=O)C(CI)[NH2+]C. The molecule has 0 saturated heterocycles. The maximum absolute atomic E-state index is 11.8. The topological polar surface area (TPSA) is 50.8 Å². The van der Waals surface area contributed by atoms with Crippen LogP contribution in [0, 0.1) is 0 Å². The Morgan fingerprint density at radius 2 is 1.93 bits per heavy atom. The number of hydrogen-bond acceptors (Lipinski definition) is 2. The number of carbonyl (C=O) groups excluding carboxylic acids is 2. The highest BCUT2D eigenvalue weighted by Crippen LogP contribution is 2.03. The molecule has 4 nitrogen and oxygen atoms in total. The number of nitrogens with two attached hydrogens (primary N) is 1. The van der Waals surface area contributed by atoms with Crippen LogP contribution in [0.3, 0.4) is 0 Å². The fraction of sp³-hybridized carbons (Fsp3) is 0.800. The summed E-state index contributed by atoms with van der Waals surface area (Å²) in [6, 6.07) is -0.0774. The summed E-state index contributed by atoms with van der Waals surface area (Å²) < 4.78 is 1.03. The van der Waals surface area contributed by atoms with E-state index >= 15 is 0 Å². The van der Waals surface area contributed by atoms with E-state index < -0.39 is 0 Å². The lowest BCUT2D eigenvalue weighted by Gasteiger charge is -2.24. The predicted octanol–water partition coefficient (Wildman–Crippen LogP) is -0.435. The zero-order chi connectivity index (χ0) is 12.1. The maximum atomic E-state index is 11.8. The zero-order valence-electron chi connectivity index (χ0n) is 9.92. The average molecular weight is 328 g/mol. The van der Waals surface area contributed by atoms with Crippen molar-refractivity contribution in [3.8, 4) is 0 Å². The molecule has 0 rings (SSSR count). The largest absolute Gasteiger partial charge is 0.339 e. The Morgan fingerprint density at radius 3 is 2.27 bits per heavy atom. The first kappa shape index (κ1) is 15.0. The highest BCUT2D eigenvalue weighted by molar-refractivity contribution is 14.1. The number of Topliss-reactive ketones (excluding diaryl/α,β-unsaturated/α-hetero) is 1. The molecule has 0 aliphatic carbocycles. The molecule has 0 spiro atoms. The van der Waals surface area contributed by atoms with Crippen LogP contribution < -0.4 is 5.32 Å². The Bertz CT molecular complexity index is 238. The van der Waals surface area contributed by atoms with Crippen LogP contribution in [0.25, 0.3) is 0 Å². The van der Waals surface area contributed by atoms with Crippen LogP contribution in [0.2, 0.25) is 0 Å². The number of carbonyl (C=O) groups is 2. The Balaban J connectivity index is 4.36. The van der Waals surface area contributed by atoms with Crippen LogP contribution in [0.15, 0.2) is 0 Å². The second kappa shape index (κ2) is 6.55. The number of quaternary nitrogens is 2. The van der Waals surface area contributed by atoms with E-state index in [-0.39, 0.29) is 28.6 Å². The van der Waals surface area contributed by atoms with Crippen molar-refractivity contribution in [1.29, 1.82) is 0 Å². The van der Waals surface area contributed by atoms with E-state index in [0.29, 0.717) is 0 Å². The zero-order valence-corrected chi connectivity index (χ0v) is 12.1. The van der Waals surface area contributed by atoms with Gasteiger partial charge in [-0.05, 0) is 6.92 Å². The average Bonchev–Trinajstić information content (AvgIpc) is 2.19. The van der Waals surface area contributed by atoms with Gasteiger partial charge in [-0.25, -0.2) is 4.79 Å². The molecule has 0 radical (unpaired) electrons. The number of nitrogens with zero attached hydrogens (tertiary/aromatic N) is 1. The van der Waals surface area contributed by atoms with Gasteiger partial charge in [-0.2, -0.15) is 0 Å². The lowest BCUT2D eigenvalue weighted by Crippen LogP contribution is -2.89. The van der Waals surface area contributed by atoms with E-state index in [1.54, 1.807) is 0 Å². The molecule has 0 aromatic rings. The van der Waals surface area contributed by atoms with Gasteiger partial charge in [0.15, 0.2) is 6.04 Å². The molecule has 0 saturated carbocycles. The number of ketones is 1. The number of likely N-dealkylation sites (N-methyl/N-ethyl adjacent to an activating group) is 1. The van der Waals surface area contributed by atoms with Gasteiger partial charge in [-0.1, -0.05) is 22.6 Å². The van der Waals surface area contributed by atoms with Crippen LogP contribution in [0.1, 0.15) is 13.3 Å². The lowest BCUT2D eigenvalue weighted by atomic mass is 10.1. The van der Waals surface area contributed by atoms with Crippen molar-refractivity contribution in [2.24, 2.45) is 0 Å². The van der Waals surface area contributed by atoms with Crippen LogP contribution in [-0.4, -0.2) is 54.3 Å². The molecule has 0 fully saturated rings. The monoisotopic (exact) mass is 328 g/mol. The van der Waals surface area contributed by atoms with Crippen molar-refractivity contribution in [2.45, 2.75) is 19.4 Å². The van der Waals surface area contributed by atoms with Gasteiger partial charge in [0.05, 0.1) is 32.1 Å². The van der Waals surface area contributed by atoms with Crippen molar-refractivity contribution in [1.82, 2.24) is 0 Å². The molecule has 0 heterocycles. The molecule has 1 atom stereocenters. The first-order valence-corrected chi connectivity index (χ1v) is 6.66. The maximum Gasteiger partial charge on any atom is 0.321 e. The molecular formula is C10H21IN2O2+2. The second-order valence-corrected chi connectivity index (χ2v) is 5.01. The summed E-state index contributed by atoms with van der Waals surface area (Å²) in [7, 11) is 5.54. The van der Waals surface area contributed by atoms with Crippen LogP contribution in [0.5, 0.6) is 0 Å². The van der Waals surface area contributed by atoms with Gasteiger partial charge < -0.3 is 5.32 Å². The summed E-state index contributed by atoms with van der Waals surface area (Å²) >= 11 is 2.17. The Morgan fingerprint density at radius 1 is 1.40 bits per heavy atom. The third kappa shape index (κ3) is 4.56. The quantitative estimate of drug-likeness (QED) is 0.311. The molecule has 0 aromatic heterocycles. The first-order valence-electron chi connectivity index (χ1n) is 5.13. The van der Waals surface area contributed by atoms with E-state index in [0.717, 1.165) is 11.0 Å². The van der Waals surface area contributed by atoms with E-state index in [2.05, 4.69) is 22.6 Å². The number of hydrogen-bond donors (Lipinski definition) is 1. The van der Waals surface area contributed by atoms with E-state index in [4.69, 9.17) is 0 Å². The molecular weight excluding hydrogens is 307 g/mol. The number of amides is 1. The fourth-order valence-corrected chi connectivity index (χ4v) is 2.03. The van der Waals surface area contributed by atoms with Crippen LogP contribution in [0.4, 0.5) is 0 Å². The van der Waals surface area contributed by atoms with Crippen LogP contribution >= 0.6 is 22.6 Å². The highest BCUT2D eigenvalue weighted by atomic mass is 127. The molecule has 0 aliphatic heterocycles. The van der Waals surface area contributed by atoms with Gasteiger partial charge in [0, 0.05) is 0 Å². The molecule has 0 bridgehead atoms. The van der Waals surface area contributed by atoms with E-state index in [1.165, 1.54) is 0 Å². The predicted molar refractivity (Wildman–Crippen MR) is 67.8 cm³/mol. The highest BCUT2D eigenvalue weighted by Gasteiger charge is 2.30. The van der Waals surface area contributed by atoms with Crippen LogP contribution in [-0.2, 0) is 9.59 Å². The van der Waals surface area contributed by atoms with Gasteiger partial charge in [0.1, 0.15) is 6.42 Å². The van der Waals surface area contributed by atoms with Gasteiger partial charge in [-0.15, -0.1) is 0 Å². The third-order valence-corrected chi connectivity index (χ3v) is 3.72. The second-order valence-electron chi connectivity index (χ2n) is 4.13. The summed E-state index contributed by atoms with van der Waals surface area (Å²) in [5, 5.41) is 1.87. The summed E-state index contributed by atoms with van der Waals surface area (Å²) in [6.07, 6.45) is 0.0544. The standard InChI is InChI=1S/C10H20IN2O2/c1-5-13(3,4)10(15)6-9(14)8(7-11)12-2/h8,12H,5-7H2,1-4H3/q+1/p+1. The van der Waals surface area contributed by atoms with E-state index in [9.17, 15) is 9.59 Å². The van der Waals surface area contributed by atoms with E-state index in [1.807, 2.05) is 33.4 Å². The first-order chi connectivity index (χ1) is 6.88. The number of halogens is 1. The summed E-state index contributed by atoms with van der Waals surface area (Å²) in [4.78, 5) is 23.5. The molecule has 15 heavy (non-hydrogen) atoms. The molecule has 2 N–H and O–H groups in total. The molecule has 5 heteroatoms. The van der Waals surface area contributed by atoms with Crippen molar-refractivity contribution in [2.75, 3.05) is 32.1 Å². The van der Waals surface area contributed by atoms with Gasteiger partial charge in [0.25, 0.3) is 0 Å². The fourth-order valence-electron chi connectivity index (χ4n) is 1.03. The van der Waals surface area contributed by atoms with Crippen molar-refractivity contribution in [3.05, 3.63) is 0 Å². The molecule has 0 aromatic carbocycles. The Hall–Kier alpha value is -0.01000. The minimum Gasteiger partial charge on any atom is -0.339 e. The number of alkyl halides is 1.